The molecule has 0 aliphatic heterocycles. The lowest BCUT2D eigenvalue weighted by atomic mass is 10.2. The molecule has 0 saturated heterocycles. The van der Waals surface area contributed by atoms with Gasteiger partial charge in [-0.25, -0.2) is 19.5 Å². The Balaban J connectivity index is 1.61. The fourth-order valence-corrected chi connectivity index (χ4v) is 3.37. The Hall–Kier alpha value is -3.35. The molecule has 1 aromatic carbocycles. The van der Waals surface area contributed by atoms with E-state index in [1.54, 1.807) is 23.0 Å². The van der Waals surface area contributed by atoms with Crippen LogP contribution in [-0.2, 0) is 6.54 Å². The van der Waals surface area contributed by atoms with E-state index in [9.17, 15) is 4.39 Å². The highest BCUT2D eigenvalue weighted by Gasteiger charge is 2.28. The molecule has 7 heteroatoms. The second-order valence-corrected chi connectivity index (χ2v) is 6.85. The summed E-state index contributed by atoms with van der Waals surface area (Å²) < 4.78 is 15.9. The Labute approximate surface area is 154 Å². The van der Waals surface area contributed by atoms with Crippen LogP contribution in [0.2, 0.25) is 0 Å². The number of nitrogens with two attached hydrogens (primary N) is 1. The summed E-state index contributed by atoms with van der Waals surface area (Å²) in [5.41, 5.74) is 9.19. The zero-order valence-corrected chi connectivity index (χ0v) is 14.6. The van der Waals surface area contributed by atoms with Crippen LogP contribution in [0, 0.1) is 5.82 Å². The van der Waals surface area contributed by atoms with Crippen molar-refractivity contribution in [3.8, 4) is 11.5 Å². The number of nitrogens with zero attached hydrogens (tertiary/aromatic N) is 4. The van der Waals surface area contributed by atoms with Crippen molar-refractivity contribution in [1.29, 1.82) is 0 Å². The number of hydrogen-bond donors (Lipinski definition) is 2. The van der Waals surface area contributed by atoms with E-state index < -0.39 is 0 Å². The molecule has 0 radical (unpaired) electrons. The van der Waals surface area contributed by atoms with Gasteiger partial charge >= 0.3 is 5.65 Å². The van der Waals surface area contributed by atoms with E-state index in [0.29, 0.717) is 35.3 Å². The number of aromatic amines is 1. The maximum atomic E-state index is 14.1. The topological polar surface area (TPSA) is 84.4 Å². The average molecular weight is 361 g/mol. The van der Waals surface area contributed by atoms with E-state index >= 15 is 0 Å². The molecule has 3 aromatic heterocycles. The summed E-state index contributed by atoms with van der Waals surface area (Å²) in [5, 5.41) is 4.15. The molecule has 5 rings (SSSR count). The fourth-order valence-electron chi connectivity index (χ4n) is 3.37. The molecule has 134 valence electrons. The maximum absolute atomic E-state index is 14.1. The van der Waals surface area contributed by atoms with Crippen LogP contribution in [0.15, 0.2) is 48.8 Å². The van der Waals surface area contributed by atoms with Crippen molar-refractivity contribution in [3.63, 3.8) is 0 Å². The van der Waals surface area contributed by atoms with Gasteiger partial charge in [-0.2, -0.15) is 0 Å². The SMILES string of the molecule is Nc1nc(-c2[nH][n+](Cc3ccccc3F)c3ncccc23)ncc1C1CC1. The van der Waals surface area contributed by atoms with Gasteiger partial charge in [0.05, 0.1) is 0 Å². The molecule has 0 spiro atoms. The third kappa shape index (κ3) is 2.81. The van der Waals surface area contributed by atoms with Crippen LogP contribution in [0.3, 0.4) is 0 Å². The van der Waals surface area contributed by atoms with Gasteiger partial charge in [-0.1, -0.05) is 18.2 Å². The number of aromatic nitrogens is 5. The molecule has 1 aliphatic carbocycles. The van der Waals surface area contributed by atoms with Crippen molar-refractivity contribution < 1.29 is 9.07 Å². The molecule has 0 unspecified atom stereocenters. The first kappa shape index (κ1) is 15.9. The first-order chi connectivity index (χ1) is 13.2. The van der Waals surface area contributed by atoms with Gasteiger partial charge < -0.3 is 5.73 Å². The minimum absolute atomic E-state index is 0.250. The molecule has 6 nitrogen and oxygen atoms in total. The van der Waals surface area contributed by atoms with Crippen molar-refractivity contribution in [2.24, 2.45) is 0 Å². The molecular formula is C20H18FN6+. The predicted molar refractivity (Wildman–Crippen MR) is 99.2 cm³/mol. The zero-order chi connectivity index (χ0) is 18.4. The van der Waals surface area contributed by atoms with E-state index in [4.69, 9.17) is 5.73 Å². The minimum atomic E-state index is -0.250. The van der Waals surface area contributed by atoms with E-state index in [1.807, 2.05) is 24.4 Å². The van der Waals surface area contributed by atoms with Gasteiger partial charge in [-0.3, -0.25) is 0 Å². The summed E-state index contributed by atoms with van der Waals surface area (Å²) in [6.45, 7) is 0.329. The average Bonchev–Trinajstić information content (AvgIpc) is 3.46. The van der Waals surface area contributed by atoms with Crippen LogP contribution in [0.4, 0.5) is 10.2 Å². The van der Waals surface area contributed by atoms with Crippen molar-refractivity contribution in [3.05, 3.63) is 65.7 Å². The Bertz CT molecular complexity index is 1150. The Morgan fingerprint density at radius 2 is 2.00 bits per heavy atom. The number of anilines is 1. The van der Waals surface area contributed by atoms with Crippen LogP contribution in [0.25, 0.3) is 22.6 Å². The van der Waals surface area contributed by atoms with Crippen LogP contribution < -0.4 is 10.4 Å². The molecule has 1 fully saturated rings. The van der Waals surface area contributed by atoms with Gasteiger partial charge in [-0.15, -0.1) is 4.68 Å². The quantitative estimate of drug-likeness (QED) is 0.547. The molecule has 4 aromatic rings. The van der Waals surface area contributed by atoms with Gasteiger partial charge in [0, 0.05) is 17.3 Å². The summed E-state index contributed by atoms with van der Waals surface area (Å²) in [7, 11) is 0. The third-order valence-corrected chi connectivity index (χ3v) is 4.93. The highest BCUT2D eigenvalue weighted by atomic mass is 19.1. The normalized spacial score (nSPS) is 14.0. The highest BCUT2D eigenvalue weighted by molar-refractivity contribution is 5.86. The van der Waals surface area contributed by atoms with Crippen LogP contribution in [0.1, 0.15) is 29.9 Å². The number of nitrogens with one attached hydrogen (secondary N) is 1. The van der Waals surface area contributed by atoms with Crippen molar-refractivity contribution in [1.82, 2.24) is 20.1 Å². The lowest BCUT2D eigenvalue weighted by molar-refractivity contribution is -0.719. The van der Waals surface area contributed by atoms with Gasteiger partial charge in [0.2, 0.25) is 0 Å². The number of benzene rings is 1. The van der Waals surface area contributed by atoms with Gasteiger partial charge in [-0.05, 0) is 41.9 Å². The maximum Gasteiger partial charge on any atom is 0.351 e. The molecule has 0 atom stereocenters. The molecule has 0 bridgehead atoms. The third-order valence-electron chi connectivity index (χ3n) is 4.93. The molecular weight excluding hydrogens is 343 g/mol. The monoisotopic (exact) mass is 361 g/mol. The first-order valence-electron chi connectivity index (χ1n) is 8.93. The lowest BCUT2D eigenvalue weighted by Gasteiger charge is -2.04. The van der Waals surface area contributed by atoms with E-state index in [2.05, 4.69) is 20.1 Å². The summed E-state index contributed by atoms with van der Waals surface area (Å²) >= 11 is 0. The standard InChI is InChI=1S/C20H17FN6/c21-16-6-2-1-4-13(16)11-27-20-14(5-3-9-23-20)17(26-27)19-24-10-15(12-7-8-12)18(22)25-19/h1-6,9-10,12H,7-8,11H2,(H2,22,24,25)/p+1. The van der Waals surface area contributed by atoms with Crippen molar-refractivity contribution in [2.75, 3.05) is 5.73 Å². The molecule has 3 heterocycles. The Morgan fingerprint density at radius 1 is 1.15 bits per heavy atom. The minimum Gasteiger partial charge on any atom is -0.383 e. The molecule has 0 amide bonds. The first-order valence-corrected chi connectivity index (χ1v) is 8.93. The van der Waals surface area contributed by atoms with Crippen LogP contribution >= 0.6 is 0 Å². The summed E-state index contributed by atoms with van der Waals surface area (Å²) in [4.78, 5) is 13.5. The van der Waals surface area contributed by atoms with Gasteiger partial charge in [0.15, 0.2) is 5.82 Å². The largest absolute Gasteiger partial charge is 0.383 e. The number of pyridine rings is 1. The number of rotatable bonds is 4. The van der Waals surface area contributed by atoms with E-state index in [1.165, 1.54) is 6.07 Å². The van der Waals surface area contributed by atoms with Gasteiger partial charge in [0.1, 0.15) is 35.5 Å². The van der Waals surface area contributed by atoms with Gasteiger partial charge in [0.25, 0.3) is 0 Å². The fraction of sp³-hybridized carbons (Fsp3) is 0.200. The molecule has 3 N–H and O–H groups in total. The molecule has 1 saturated carbocycles. The number of H-pyrrole nitrogens is 1. The predicted octanol–water partition coefficient (Wildman–Crippen LogP) is 2.95. The second-order valence-electron chi connectivity index (χ2n) is 6.85. The van der Waals surface area contributed by atoms with E-state index in [0.717, 1.165) is 29.5 Å². The molecule has 1 aliphatic rings. The summed E-state index contributed by atoms with van der Waals surface area (Å²) in [6.07, 6.45) is 5.82. The number of fused-ring (bicyclic) bond motifs is 1. The number of nitrogen functional groups attached to an aromatic ring is 1. The smallest absolute Gasteiger partial charge is 0.351 e. The van der Waals surface area contributed by atoms with Crippen LogP contribution in [0.5, 0.6) is 0 Å². The Morgan fingerprint density at radius 3 is 2.78 bits per heavy atom. The molecule has 27 heavy (non-hydrogen) atoms. The summed E-state index contributed by atoms with van der Waals surface area (Å²) in [6, 6.07) is 10.5. The Kier molecular flexibility index (Phi) is 3.60. The summed E-state index contributed by atoms with van der Waals surface area (Å²) in [5.74, 6) is 1.28. The second kappa shape index (κ2) is 6.12. The number of hydrogen-bond acceptors (Lipinski definition) is 4. The van der Waals surface area contributed by atoms with Crippen LogP contribution in [-0.4, -0.2) is 20.1 Å². The zero-order valence-electron chi connectivity index (χ0n) is 14.6. The van der Waals surface area contributed by atoms with Crippen molar-refractivity contribution in [2.45, 2.75) is 25.3 Å². The lowest BCUT2D eigenvalue weighted by Crippen LogP contribution is -2.37. The highest BCUT2D eigenvalue weighted by Crippen LogP contribution is 2.42. The number of halogens is 1. The van der Waals surface area contributed by atoms with E-state index in [-0.39, 0.29) is 5.82 Å². The van der Waals surface area contributed by atoms with Crippen molar-refractivity contribution >= 4 is 16.9 Å².